The lowest BCUT2D eigenvalue weighted by molar-refractivity contribution is -0.141. The fourth-order valence-electron chi connectivity index (χ4n) is 5.08. The van der Waals surface area contributed by atoms with Gasteiger partial charge in [-0.2, -0.15) is 0 Å². The molecular weight excluding hydrogens is 498 g/mol. The Labute approximate surface area is 228 Å². The minimum atomic E-state index is -3.51. The summed E-state index contributed by atoms with van der Waals surface area (Å²) in [5.74, 6) is -0.248. The van der Waals surface area contributed by atoms with Gasteiger partial charge in [-0.1, -0.05) is 68.7 Å². The van der Waals surface area contributed by atoms with Crippen molar-refractivity contribution in [3.63, 3.8) is 0 Å². The maximum Gasteiger partial charge on any atom is 0.243 e. The van der Waals surface area contributed by atoms with Gasteiger partial charge in [0.15, 0.2) is 0 Å². The van der Waals surface area contributed by atoms with Gasteiger partial charge in [0, 0.05) is 25.6 Å². The molecule has 0 aromatic heterocycles. The first-order chi connectivity index (χ1) is 18.1. The fourth-order valence-corrected chi connectivity index (χ4v) is 6.04. The highest BCUT2D eigenvalue weighted by atomic mass is 32.2. The minimum absolute atomic E-state index is 0.103. The van der Waals surface area contributed by atoms with Crippen molar-refractivity contribution < 1.29 is 18.0 Å². The van der Waals surface area contributed by atoms with Crippen molar-refractivity contribution in [2.75, 3.05) is 17.1 Å². The predicted octanol–water partition coefficient (Wildman–Crippen LogP) is 4.97. The van der Waals surface area contributed by atoms with Crippen LogP contribution < -0.4 is 9.62 Å². The van der Waals surface area contributed by atoms with Crippen LogP contribution in [0.1, 0.15) is 75.5 Å². The molecule has 1 unspecified atom stereocenters. The lowest BCUT2D eigenvalue weighted by atomic mass is 10.1. The number of carbonyl (C=O) groups excluding carboxylic acids is 2. The van der Waals surface area contributed by atoms with Gasteiger partial charge in [-0.25, -0.2) is 8.42 Å². The van der Waals surface area contributed by atoms with E-state index < -0.39 is 16.1 Å². The van der Waals surface area contributed by atoms with Gasteiger partial charge in [0.1, 0.15) is 6.04 Å². The van der Waals surface area contributed by atoms with Crippen molar-refractivity contribution in [2.24, 2.45) is 0 Å². The molecule has 1 N–H and O–H groups in total. The number of nitrogens with zero attached hydrogens (tertiary/aromatic N) is 2. The highest BCUT2D eigenvalue weighted by molar-refractivity contribution is 7.92. The van der Waals surface area contributed by atoms with E-state index >= 15 is 0 Å². The van der Waals surface area contributed by atoms with Crippen LogP contribution in [0.3, 0.4) is 0 Å². The van der Waals surface area contributed by atoms with Crippen LogP contribution in [0.2, 0.25) is 0 Å². The number of carbonyl (C=O) groups is 2. The molecule has 1 aliphatic carbocycles. The normalized spacial score (nSPS) is 14.7. The van der Waals surface area contributed by atoms with E-state index in [0.29, 0.717) is 25.1 Å². The number of rotatable bonds is 13. The fraction of sp³-hybridized carbons (Fsp3) is 0.533. The van der Waals surface area contributed by atoms with Crippen molar-refractivity contribution in [1.82, 2.24) is 10.2 Å². The van der Waals surface area contributed by atoms with E-state index in [1.807, 2.05) is 62.4 Å². The molecule has 0 aliphatic heterocycles. The molecule has 0 radical (unpaired) electrons. The number of amides is 2. The molecule has 2 amide bonds. The summed E-state index contributed by atoms with van der Waals surface area (Å²) in [4.78, 5) is 28.5. The second-order valence-electron chi connectivity index (χ2n) is 10.4. The lowest BCUT2D eigenvalue weighted by Crippen LogP contribution is -2.51. The third kappa shape index (κ3) is 8.32. The van der Waals surface area contributed by atoms with Gasteiger partial charge in [-0.3, -0.25) is 13.9 Å². The molecule has 3 rings (SSSR count). The Kier molecular flexibility index (Phi) is 10.8. The molecule has 1 atom stereocenters. The van der Waals surface area contributed by atoms with E-state index in [0.717, 1.165) is 48.8 Å². The van der Waals surface area contributed by atoms with Gasteiger partial charge in [-0.15, -0.1) is 0 Å². The smallest absolute Gasteiger partial charge is 0.243 e. The Hall–Kier alpha value is -2.87. The highest BCUT2D eigenvalue weighted by Gasteiger charge is 2.30. The summed E-state index contributed by atoms with van der Waals surface area (Å²) in [5.41, 5.74) is 3.82. The van der Waals surface area contributed by atoms with Crippen LogP contribution in [-0.2, 0) is 32.6 Å². The largest absolute Gasteiger partial charge is 0.352 e. The van der Waals surface area contributed by atoms with Gasteiger partial charge < -0.3 is 10.2 Å². The topological polar surface area (TPSA) is 86.8 Å². The molecule has 1 saturated carbocycles. The molecule has 2 aromatic rings. The maximum absolute atomic E-state index is 13.6. The Morgan fingerprint density at radius 2 is 1.58 bits per heavy atom. The van der Waals surface area contributed by atoms with Crippen LogP contribution in [0.4, 0.5) is 5.69 Å². The Balaban J connectivity index is 1.74. The first-order valence-corrected chi connectivity index (χ1v) is 15.7. The predicted molar refractivity (Wildman–Crippen MR) is 153 cm³/mol. The second kappa shape index (κ2) is 13.8. The first-order valence-electron chi connectivity index (χ1n) is 13.8. The zero-order chi connectivity index (χ0) is 27.7. The van der Waals surface area contributed by atoms with Gasteiger partial charge in [-0.05, 0) is 62.3 Å². The van der Waals surface area contributed by atoms with Crippen molar-refractivity contribution in [3.05, 3.63) is 65.2 Å². The second-order valence-corrected chi connectivity index (χ2v) is 12.3. The summed E-state index contributed by atoms with van der Waals surface area (Å²) in [6.07, 6.45) is 7.27. The van der Waals surface area contributed by atoms with Gasteiger partial charge in [0.25, 0.3) is 0 Å². The minimum Gasteiger partial charge on any atom is -0.352 e. The summed E-state index contributed by atoms with van der Waals surface area (Å²) in [7, 11) is -3.51. The van der Waals surface area contributed by atoms with Crippen LogP contribution in [0.15, 0.2) is 48.5 Å². The van der Waals surface area contributed by atoms with Crippen LogP contribution in [0.5, 0.6) is 0 Å². The van der Waals surface area contributed by atoms with E-state index in [4.69, 9.17) is 0 Å². The Bertz CT molecular complexity index is 1160. The molecule has 0 bridgehead atoms. The quantitative estimate of drug-likeness (QED) is 0.388. The molecule has 38 heavy (non-hydrogen) atoms. The van der Waals surface area contributed by atoms with E-state index in [-0.39, 0.29) is 30.8 Å². The monoisotopic (exact) mass is 541 g/mol. The third-order valence-electron chi connectivity index (χ3n) is 7.35. The molecule has 0 spiro atoms. The number of benzene rings is 2. The van der Waals surface area contributed by atoms with Crippen LogP contribution in [-0.4, -0.2) is 50.0 Å². The van der Waals surface area contributed by atoms with Crippen molar-refractivity contribution in [1.29, 1.82) is 0 Å². The van der Waals surface area contributed by atoms with Crippen molar-refractivity contribution in [2.45, 2.75) is 90.8 Å². The molecule has 7 nitrogen and oxygen atoms in total. The van der Waals surface area contributed by atoms with E-state index in [2.05, 4.69) is 12.2 Å². The van der Waals surface area contributed by atoms with E-state index in [9.17, 15) is 18.0 Å². The van der Waals surface area contributed by atoms with Gasteiger partial charge in [0.05, 0.1) is 11.9 Å². The number of hydrogen-bond acceptors (Lipinski definition) is 4. The molecular formula is C30H43N3O4S. The number of nitrogens with one attached hydrogen (secondary N) is 1. The SMILES string of the molecule is CCc1ccc(N(CCCC(=O)N(Cc2ccc(C)cc2)C(CC)C(=O)NC2CCCC2)S(C)(=O)=O)cc1. The lowest BCUT2D eigenvalue weighted by Gasteiger charge is -2.32. The molecule has 0 heterocycles. The van der Waals surface area contributed by atoms with Crippen molar-refractivity contribution in [3.8, 4) is 0 Å². The summed E-state index contributed by atoms with van der Waals surface area (Å²) < 4.78 is 26.5. The average Bonchev–Trinajstić information content (AvgIpc) is 3.40. The van der Waals surface area contributed by atoms with Crippen molar-refractivity contribution >= 4 is 27.5 Å². The Morgan fingerprint density at radius 3 is 2.13 bits per heavy atom. The number of sulfonamides is 1. The summed E-state index contributed by atoms with van der Waals surface area (Å²) >= 11 is 0. The Morgan fingerprint density at radius 1 is 0.974 bits per heavy atom. The summed E-state index contributed by atoms with van der Waals surface area (Å²) in [5, 5.41) is 3.16. The number of anilines is 1. The third-order valence-corrected chi connectivity index (χ3v) is 8.54. The highest BCUT2D eigenvalue weighted by Crippen LogP contribution is 2.22. The summed E-state index contributed by atoms with van der Waals surface area (Å²) in [6, 6.07) is 15.1. The van der Waals surface area contributed by atoms with Gasteiger partial charge in [0.2, 0.25) is 21.8 Å². The van der Waals surface area contributed by atoms with Crippen LogP contribution in [0.25, 0.3) is 0 Å². The van der Waals surface area contributed by atoms with Gasteiger partial charge >= 0.3 is 0 Å². The zero-order valence-electron chi connectivity index (χ0n) is 23.3. The van der Waals surface area contributed by atoms with E-state index in [1.54, 1.807) is 4.90 Å². The number of aryl methyl sites for hydroxylation is 2. The summed E-state index contributed by atoms with van der Waals surface area (Å²) in [6.45, 7) is 6.53. The molecule has 1 aliphatic rings. The van der Waals surface area contributed by atoms with E-state index in [1.165, 1.54) is 10.6 Å². The average molecular weight is 542 g/mol. The number of hydrogen-bond donors (Lipinski definition) is 1. The zero-order valence-corrected chi connectivity index (χ0v) is 24.1. The molecule has 1 fully saturated rings. The van der Waals surface area contributed by atoms with Crippen LogP contribution in [0, 0.1) is 6.92 Å². The molecule has 2 aromatic carbocycles. The first kappa shape index (κ1) is 29.7. The van der Waals surface area contributed by atoms with Crippen LogP contribution >= 0.6 is 0 Å². The standard InChI is InChI=1S/C30H43N3O4S/c1-5-24-17-19-27(20-18-24)33(38(4,36)37)21-9-12-29(34)32(22-25-15-13-23(3)14-16-25)28(6-2)30(35)31-26-10-7-8-11-26/h13-20,26,28H,5-12,21-22H2,1-4H3,(H,31,35). The molecule has 208 valence electrons. The maximum atomic E-state index is 13.6. The molecule has 8 heteroatoms. The molecule has 0 saturated heterocycles.